The molecule has 0 atom stereocenters. The van der Waals surface area contributed by atoms with Crippen molar-refractivity contribution in [3.63, 3.8) is 0 Å². The van der Waals surface area contributed by atoms with Gasteiger partial charge in [0.2, 0.25) is 0 Å². The number of piperazine rings is 1. The number of nitriles is 1. The van der Waals surface area contributed by atoms with Gasteiger partial charge in [-0.25, -0.2) is 10.1 Å². The van der Waals surface area contributed by atoms with E-state index in [-0.39, 0.29) is 37.8 Å². The number of pyridine rings is 1. The van der Waals surface area contributed by atoms with Crippen LogP contribution in [0.2, 0.25) is 0 Å². The minimum absolute atomic E-state index is 0.168. The molecule has 0 spiro atoms. The van der Waals surface area contributed by atoms with Gasteiger partial charge in [-0.3, -0.25) is 4.79 Å². The lowest BCUT2D eigenvalue weighted by Crippen LogP contribution is -2.52. The first kappa shape index (κ1) is 14.4. The lowest BCUT2D eigenvalue weighted by atomic mass is 10.2. The Balaban J connectivity index is 2.03. The monoisotopic (exact) mass is 295 g/mol. The van der Waals surface area contributed by atoms with Crippen molar-refractivity contribution in [2.24, 2.45) is 5.14 Å². The van der Waals surface area contributed by atoms with Crippen molar-refractivity contribution in [3.8, 4) is 6.07 Å². The smallest absolute Gasteiger partial charge is 0.277 e. The summed E-state index contributed by atoms with van der Waals surface area (Å²) in [6.45, 7) is 0.857. The summed E-state index contributed by atoms with van der Waals surface area (Å²) in [5, 5.41) is 13.7. The zero-order valence-electron chi connectivity index (χ0n) is 10.6. The quantitative estimate of drug-likeness (QED) is 0.743. The molecule has 0 unspecified atom stereocenters. The van der Waals surface area contributed by atoms with Gasteiger partial charge in [-0.15, -0.1) is 0 Å². The average Bonchev–Trinajstić information content (AvgIpc) is 2.46. The van der Waals surface area contributed by atoms with E-state index in [2.05, 4.69) is 4.98 Å². The Morgan fingerprint density at radius 2 is 1.95 bits per heavy atom. The zero-order valence-corrected chi connectivity index (χ0v) is 11.4. The van der Waals surface area contributed by atoms with Gasteiger partial charge in [0.05, 0.1) is 5.56 Å². The molecule has 2 rings (SSSR count). The first-order chi connectivity index (χ1) is 9.41. The Bertz CT molecular complexity index is 642. The van der Waals surface area contributed by atoms with Crippen LogP contribution in [0.5, 0.6) is 0 Å². The van der Waals surface area contributed by atoms with Gasteiger partial charge in [-0.05, 0) is 12.1 Å². The molecule has 1 aliphatic heterocycles. The topological polar surface area (TPSA) is 120 Å². The maximum atomic E-state index is 12.1. The van der Waals surface area contributed by atoms with Crippen molar-refractivity contribution >= 4 is 16.1 Å². The predicted molar refractivity (Wildman–Crippen MR) is 69.5 cm³/mol. The number of carbonyl (C=O) groups is 1. The Hall–Kier alpha value is -2.02. The minimum atomic E-state index is -3.70. The second-order valence-electron chi connectivity index (χ2n) is 4.28. The summed E-state index contributed by atoms with van der Waals surface area (Å²) < 4.78 is 23.4. The van der Waals surface area contributed by atoms with Crippen LogP contribution >= 0.6 is 0 Å². The highest BCUT2D eigenvalue weighted by Crippen LogP contribution is 2.09. The van der Waals surface area contributed by atoms with E-state index in [1.807, 2.05) is 6.07 Å². The van der Waals surface area contributed by atoms with Gasteiger partial charge < -0.3 is 4.90 Å². The van der Waals surface area contributed by atoms with Crippen molar-refractivity contribution in [2.45, 2.75) is 0 Å². The SMILES string of the molecule is N#Cc1ccc(C(=O)N2CCN(S(N)(=O)=O)CC2)nc1. The van der Waals surface area contributed by atoms with Gasteiger partial charge in [0.25, 0.3) is 16.1 Å². The molecule has 1 aromatic rings. The molecular formula is C11H13N5O3S. The first-order valence-corrected chi connectivity index (χ1v) is 7.35. The van der Waals surface area contributed by atoms with Gasteiger partial charge >= 0.3 is 0 Å². The van der Waals surface area contributed by atoms with E-state index < -0.39 is 10.2 Å². The fraction of sp³-hybridized carbons (Fsp3) is 0.364. The molecule has 1 aliphatic rings. The van der Waals surface area contributed by atoms with E-state index in [1.165, 1.54) is 23.2 Å². The standard InChI is InChI=1S/C11H13N5O3S/c12-7-9-1-2-10(14-8-9)11(17)15-3-5-16(6-4-15)20(13,18)19/h1-2,8H,3-6H2,(H2,13,18,19). The number of hydrogen-bond acceptors (Lipinski definition) is 5. The number of nitrogens with two attached hydrogens (primary N) is 1. The van der Waals surface area contributed by atoms with Crippen LogP contribution in [-0.4, -0.2) is 54.7 Å². The Morgan fingerprint density at radius 1 is 1.30 bits per heavy atom. The summed E-state index contributed by atoms with van der Waals surface area (Å²) in [5.41, 5.74) is 0.605. The highest BCUT2D eigenvalue weighted by molar-refractivity contribution is 7.86. The summed E-state index contributed by atoms with van der Waals surface area (Å²) >= 11 is 0. The zero-order chi connectivity index (χ0) is 14.8. The van der Waals surface area contributed by atoms with E-state index in [1.54, 1.807) is 0 Å². The van der Waals surface area contributed by atoms with Gasteiger partial charge in [-0.1, -0.05) is 0 Å². The van der Waals surface area contributed by atoms with Crippen LogP contribution in [-0.2, 0) is 10.2 Å². The molecule has 2 heterocycles. The second-order valence-corrected chi connectivity index (χ2v) is 5.83. The van der Waals surface area contributed by atoms with Crippen molar-refractivity contribution in [1.29, 1.82) is 5.26 Å². The fourth-order valence-electron chi connectivity index (χ4n) is 1.89. The number of hydrogen-bond donors (Lipinski definition) is 1. The van der Waals surface area contributed by atoms with Gasteiger partial charge in [0, 0.05) is 32.4 Å². The molecule has 0 aromatic carbocycles. The molecule has 0 saturated carbocycles. The largest absolute Gasteiger partial charge is 0.335 e. The Morgan fingerprint density at radius 3 is 2.40 bits per heavy atom. The van der Waals surface area contributed by atoms with E-state index in [0.29, 0.717) is 5.56 Å². The molecule has 1 aromatic heterocycles. The molecule has 0 radical (unpaired) electrons. The molecule has 20 heavy (non-hydrogen) atoms. The predicted octanol–water partition coefficient (Wildman–Crippen LogP) is -1.09. The third kappa shape index (κ3) is 3.11. The number of carbonyl (C=O) groups excluding carboxylic acids is 1. The van der Waals surface area contributed by atoms with Crippen molar-refractivity contribution in [2.75, 3.05) is 26.2 Å². The summed E-state index contributed by atoms with van der Waals surface area (Å²) in [7, 11) is -3.70. The van der Waals surface area contributed by atoms with Crippen molar-refractivity contribution < 1.29 is 13.2 Å². The number of aromatic nitrogens is 1. The van der Waals surface area contributed by atoms with Crippen LogP contribution in [0.4, 0.5) is 0 Å². The van der Waals surface area contributed by atoms with Crippen LogP contribution in [0.15, 0.2) is 18.3 Å². The normalized spacial score (nSPS) is 16.7. The molecular weight excluding hydrogens is 282 g/mol. The summed E-state index contributed by atoms with van der Waals surface area (Å²) in [6, 6.07) is 4.91. The molecule has 8 nitrogen and oxygen atoms in total. The lowest BCUT2D eigenvalue weighted by molar-refractivity contribution is 0.0692. The average molecular weight is 295 g/mol. The molecule has 9 heteroatoms. The van der Waals surface area contributed by atoms with Crippen LogP contribution in [0.3, 0.4) is 0 Å². The maximum absolute atomic E-state index is 12.1. The number of amides is 1. The van der Waals surface area contributed by atoms with E-state index in [0.717, 1.165) is 4.31 Å². The summed E-state index contributed by atoms with van der Waals surface area (Å²) in [4.78, 5) is 17.6. The third-order valence-corrected chi connectivity index (χ3v) is 4.08. The van der Waals surface area contributed by atoms with E-state index >= 15 is 0 Å². The maximum Gasteiger partial charge on any atom is 0.277 e. The Labute approximate surface area is 116 Å². The summed E-state index contributed by atoms with van der Waals surface area (Å²) in [6.07, 6.45) is 1.33. The van der Waals surface area contributed by atoms with Crippen molar-refractivity contribution in [1.82, 2.24) is 14.2 Å². The molecule has 2 N–H and O–H groups in total. The van der Waals surface area contributed by atoms with Gasteiger partial charge in [-0.2, -0.15) is 18.0 Å². The highest BCUT2D eigenvalue weighted by Gasteiger charge is 2.27. The summed E-state index contributed by atoms with van der Waals surface area (Å²) in [5.74, 6) is -0.288. The van der Waals surface area contributed by atoms with E-state index in [4.69, 9.17) is 10.4 Å². The first-order valence-electron chi connectivity index (χ1n) is 5.85. The van der Waals surface area contributed by atoms with Crippen LogP contribution in [0.25, 0.3) is 0 Å². The Kier molecular flexibility index (Phi) is 3.99. The molecule has 106 valence electrons. The number of rotatable bonds is 2. The highest BCUT2D eigenvalue weighted by atomic mass is 32.2. The molecule has 1 amide bonds. The minimum Gasteiger partial charge on any atom is -0.335 e. The lowest BCUT2D eigenvalue weighted by Gasteiger charge is -2.32. The number of nitrogens with zero attached hydrogens (tertiary/aromatic N) is 4. The second kappa shape index (κ2) is 5.54. The molecule has 0 aliphatic carbocycles. The van der Waals surface area contributed by atoms with Crippen molar-refractivity contribution in [3.05, 3.63) is 29.6 Å². The molecule has 0 bridgehead atoms. The van der Waals surface area contributed by atoms with E-state index in [9.17, 15) is 13.2 Å². The van der Waals surface area contributed by atoms with Crippen LogP contribution < -0.4 is 5.14 Å². The van der Waals surface area contributed by atoms with Crippen LogP contribution in [0, 0.1) is 11.3 Å². The fourth-order valence-corrected chi connectivity index (χ4v) is 2.57. The molecule has 1 saturated heterocycles. The molecule has 1 fully saturated rings. The van der Waals surface area contributed by atoms with Crippen LogP contribution in [0.1, 0.15) is 16.1 Å². The third-order valence-electron chi connectivity index (χ3n) is 3.00. The van der Waals surface area contributed by atoms with Gasteiger partial charge in [0.1, 0.15) is 11.8 Å². The van der Waals surface area contributed by atoms with Gasteiger partial charge in [0.15, 0.2) is 0 Å².